The van der Waals surface area contributed by atoms with Crippen LogP contribution in [0.1, 0.15) is 16.7 Å². The minimum atomic E-state index is -0.459. The minimum Gasteiger partial charge on any atom is -0.472 e. The summed E-state index contributed by atoms with van der Waals surface area (Å²) in [6.07, 6.45) is 0. The van der Waals surface area contributed by atoms with Gasteiger partial charge in [-0.15, -0.1) is 0 Å². The van der Waals surface area contributed by atoms with E-state index < -0.39 is 5.60 Å². The molecule has 4 rings (SSSR count). The molecule has 0 spiro atoms. The molecule has 0 radical (unpaired) electrons. The van der Waals surface area contributed by atoms with Gasteiger partial charge in [0.2, 0.25) is 0 Å². The Kier molecular flexibility index (Phi) is 3.24. The van der Waals surface area contributed by atoms with Gasteiger partial charge in [0, 0.05) is 16.7 Å². The molecule has 1 heterocycles. The number of rotatable bonds is 2. The fourth-order valence-electron chi connectivity index (χ4n) is 2.96. The zero-order valence-corrected chi connectivity index (χ0v) is 11.7. The average Bonchev–Trinajstić information content (AvgIpc) is 2.51. The second-order valence-electron chi connectivity index (χ2n) is 5.01. The van der Waals surface area contributed by atoms with Crippen molar-refractivity contribution >= 4 is 0 Å². The Balaban J connectivity index is 0.00000132. The summed E-state index contributed by atoms with van der Waals surface area (Å²) in [5.74, 6) is 0.972. The van der Waals surface area contributed by atoms with Crippen LogP contribution in [-0.4, -0.2) is 0 Å². The van der Waals surface area contributed by atoms with Crippen LogP contribution in [0, 0.1) is 0 Å². The molecule has 0 saturated heterocycles. The van der Waals surface area contributed by atoms with E-state index in [0.717, 1.165) is 5.75 Å². The van der Waals surface area contributed by atoms with Gasteiger partial charge in [0.25, 0.3) is 0 Å². The van der Waals surface area contributed by atoms with E-state index in [-0.39, 0.29) is 6.15 Å². The summed E-state index contributed by atoms with van der Waals surface area (Å²) < 4.78 is 6.24. The molecule has 3 aromatic rings. The van der Waals surface area contributed by atoms with Crippen LogP contribution >= 0.6 is 0 Å². The largest absolute Gasteiger partial charge is 0.472 e. The number of hydrogen-bond acceptors (Lipinski definition) is 2. The molecule has 3 aromatic carbocycles. The fourth-order valence-corrected chi connectivity index (χ4v) is 2.96. The molecule has 0 unspecified atom stereocenters. The van der Waals surface area contributed by atoms with Gasteiger partial charge in [-0.25, -0.2) is 0 Å². The number of fused-ring (bicyclic) bond motifs is 1. The molecule has 0 fully saturated rings. The van der Waals surface area contributed by atoms with Crippen molar-refractivity contribution in [3.05, 3.63) is 102 Å². The van der Waals surface area contributed by atoms with Gasteiger partial charge >= 0.3 is 0 Å². The van der Waals surface area contributed by atoms with Crippen LogP contribution in [-0.2, 0) is 5.60 Å². The highest BCUT2D eigenvalue weighted by molar-refractivity contribution is 5.59. The van der Waals surface area contributed by atoms with Gasteiger partial charge in [-0.05, 0) is 6.07 Å². The minimum absolute atomic E-state index is 0. The Labute approximate surface area is 124 Å². The number of para-hydroxylation sites is 1. The Hall–Kier alpha value is -2.58. The number of benzene rings is 3. The average molecular weight is 275 g/mol. The molecule has 0 saturated carbocycles. The van der Waals surface area contributed by atoms with Gasteiger partial charge in [0.15, 0.2) is 5.60 Å². The summed E-state index contributed by atoms with van der Waals surface area (Å²) in [5, 5.41) is 0. The molecule has 1 aliphatic rings. The van der Waals surface area contributed by atoms with E-state index in [1.165, 1.54) is 16.7 Å². The van der Waals surface area contributed by atoms with Crippen molar-refractivity contribution in [1.29, 1.82) is 0 Å². The van der Waals surface area contributed by atoms with Crippen LogP contribution < -0.4 is 10.9 Å². The van der Waals surface area contributed by atoms with Gasteiger partial charge < -0.3 is 10.9 Å². The summed E-state index contributed by atoms with van der Waals surface area (Å²) >= 11 is 0. The molecule has 0 aromatic heterocycles. The van der Waals surface area contributed by atoms with Crippen LogP contribution in [0.25, 0.3) is 0 Å². The second-order valence-corrected chi connectivity index (χ2v) is 5.01. The molecule has 2 nitrogen and oxygen atoms in total. The third-order valence-corrected chi connectivity index (χ3v) is 3.89. The lowest BCUT2D eigenvalue weighted by molar-refractivity contribution is 0.0961. The standard InChI is InChI=1S/C19H14O.H3N/c1-3-9-15(10-4-1)19(16-11-5-2-6-12-16)17-13-7-8-14-18(17)20-19;/h1-14H;1H3. The van der Waals surface area contributed by atoms with E-state index in [9.17, 15) is 0 Å². The van der Waals surface area contributed by atoms with Crippen LogP contribution in [0.2, 0.25) is 0 Å². The molecular weight excluding hydrogens is 258 g/mol. The highest BCUT2D eigenvalue weighted by Gasteiger charge is 2.48. The molecule has 0 aliphatic carbocycles. The Morgan fingerprint density at radius 2 is 1.05 bits per heavy atom. The molecule has 3 N–H and O–H groups in total. The third-order valence-electron chi connectivity index (χ3n) is 3.89. The SMILES string of the molecule is N.c1ccc(C2(c3ccccc3)Oc3ccccc32)cc1. The van der Waals surface area contributed by atoms with Gasteiger partial charge in [0.05, 0.1) is 0 Å². The van der Waals surface area contributed by atoms with E-state index in [4.69, 9.17) is 4.74 Å². The van der Waals surface area contributed by atoms with Crippen LogP contribution in [0.3, 0.4) is 0 Å². The van der Waals surface area contributed by atoms with E-state index in [1.807, 2.05) is 24.3 Å². The van der Waals surface area contributed by atoms with Crippen molar-refractivity contribution in [2.75, 3.05) is 0 Å². The first kappa shape index (κ1) is 13.4. The van der Waals surface area contributed by atoms with Crippen molar-refractivity contribution in [2.24, 2.45) is 0 Å². The first-order chi connectivity index (χ1) is 9.91. The zero-order chi connectivity index (χ0) is 13.4. The van der Waals surface area contributed by atoms with Crippen molar-refractivity contribution in [3.8, 4) is 5.75 Å². The highest BCUT2D eigenvalue weighted by Crippen LogP contribution is 2.52. The summed E-state index contributed by atoms with van der Waals surface area (Å²) in [6, 6.07) is 29.1. The van der Waals surface area contributed by atoms with Crippen molar-refractivity contribution in [2.45, 2.75) is 5.60 Å². The molecule has 0 atom stereocenters. The van der Waals surface area contributed by atoms with E-state index in [0.29, 0.717) is 0 Å². The Morgan fingerprint density at radius 3 is 1.57 bits per heavy atom. The summed E-state index contributed by atoms with van der Waals surface area (Å²) in [4.78, 5) is 0. The first-order valence-electron chi connectivity index (χ1n) is 6.81. The number of hydrogen-bond donors (Lipinski definition) is 1. The lowest BCUT2D eigenvalue weighted by atomic mass is 9.76. The zero-order valence-electron chi connectivity index (χ0n) is 11.7. The van der Waals surface area contributed by atoms with Crippen molar-refractivity contribution < 1.29 is 4.74 Å². The van der Waals surface area contributed by atoms with E-state index >= 15 is 0 Å². The smallest absolute Gasteiger partial charge is 0.188 e. The molecule has 21 heavy (non-hydrogen) atoms. The quantitative estimate of drug-likeness (QED) is 0.746. The lowest BCUT2D eigenvalue weighted by Crippen LogP contribution is -2.43. The molecular formula is C19H17NO. The molecule has 2 heteroatoms. The summed E-state index contributed by atoms with van der Waals surface area (Å²) in [5.41, 5.74) is 3.12. The predicted octanol–water partition coefficient (Wildman–Crippen LogP) is 4.53. The van der Waals surface area contributed by atoms with E-state index in [2.05, 4.69) is 60.7 Å². The Morgan fingerprint density at radius 1 is 0.571 bits per heavy atom. The molecule has 104 valence electrons. The van der Waals surface area contributed by atoms with Crippen molar-refractivity contribution in [1.82, 2.24) is 6.15 Å². The normalized spacial score (nSPS) is 14.1. The second kappa shape index (κ2) is 5.08. The van der Waals surface area contributed by atoms with Crippen molar-refractivity contribution in [3.63, 3.8) is 0 Å². The highest BCUT2D eigenvalue weighted by atomic mass is 16.5. The fraction of sp³-hybridized carbons (Fsp3) is 0.0526. The summed E-state index contributed by atoms with van der Waals surface area (Å²) in [7, 11) is 0. The van der Waals surface area contributed by atoms with Crippen LogP contribution in [0.4, 0.5) is 0 Å². The maximum absolute atomic E-state index is 6.24. The topological polar surface area (TPSA) is 44.2 Å². The van der Waals surface area contributed by atoms with Gasteiger partial charge in [-0.2, -0.15) is 0 Å². The number of ether oxygens (including phenoxy) is 1. The predicted molar refractivity (Wildman–Crippen MR) is 84.9 cm³/mol. The maximum atomic E-state index is 6.24. The molecule has 0 bridgehead atoms. The Bertz CT molecular complexity index is 698. The van der Waals surface area contributed by atoms with Gasteiger partial charge in [0.1, 0.15) is 5.75 Å². The maximum Gasteiger partial charge on any atom is 0.188 e. The third kappa shape index (κ3) is 1.84. The van der Waals surface area contributed by atoms with Gasteiger partial charge in [-0.3, -0.25) is 0 Å². The van der Waals surface area contributed by atoms with Crippen LogP contribution in [0.15, 0.2) is 84.9 Å². The summed E-state index contributed by atoms with van der Waals surface area (Å²) in [6.45, 7) is 0. The monoisotopic (exact) mass is 275 g/mol. The first-order valence-corrected chi connectivity index (χ1v) is 6.81. The van der Waals surface area contributed by atoms with Crippen LogP contribution in [0.5, 0.6) is 5.75 Å². The van der Waals surface area contributed by atoms with Gasteiger partial charge in [-0.1, -0.05) is 78.9 Å². The van der Waals surface area contributed by atoms with E-state index in [1.54, 1.807) is 0 Å². The molecule has 0 amide bonds. The lowest BCUT2D eigenvalue weighted by Gasteiger charge is -2.45. The molecule has 1 aliphatic heterocycles.